The van der Waals surface area contributed by atoms with Crippen molar-refractivity contribution in [1.82, 2.24) is 0 Å². The van der Waals surface area contributed by atoms with Crippen LogP contribution in [0.4, 0.5) is 0 Å². The molecule has 0 heterocycles. The molecule has 0 atom stereocenters. The summed E-state index contributed by atoms with van der Waals surface area (Å²) < 4.78 is 0. The third kappa shape index (κ3) is 27.1. The molecular weight excluding hydrogens is 547 g/mol. The summed E-state index contributed by atoms with van der Waals surface area (Å²) in [5.74, 6) is -1.40. The van der Waals surface area contributed by atoms with Crippen molar-refractivity contribution < 1.29 is 64.6 Å². The Kier molecular flexibility index (Phi) is 28.3. The summed E-state index contributed by atoms with van der Waals surface area (Å²) in [7, 11) is 0. The van der Waals surface area contributed by atoms with Crippen LogP contribution >= 0.6 is 0 Å². The summed E-state index contributed by atoms with van der Waals surface area (Å²) in [6, 6.07) is 0. The molecule has 0 rings (SSSR count). The van der Waals surface area contributed by atoms with Crippen molar-refractivity contribution in [2.45, 2.75) is 91.9 Å². The third-order valence-electron chi connectivity index (χ3n) is 3.21. The number of carbonyl (C=O) groups excluding carboxylic acids is 4. The van der Waals surface area contributed by atoms with E-state index in [-0.39, 0.29) is 50.3 Å². The van der Waals surface area contributed by atoms with Gasteiger partial charge < -0.3 is 0 Å². The number of carbonyl (C=O) groups is 4. The molecule has 0 aromatic rings. The molecule has 8 nitrogen and oxygen atoms in total. The molecule has 0 saturated heterocycles. The van der Waals surface area contributed by atoms with E-state index in [4.69, 9.17) is 0 Å². The Morgan fingerprint density at radius 2 is 0.931 bits per heavy atom. The number of ketones is 2. The molecule has 0 saturated carbocycles. The molecule has 0 bridgehead atoms. The van der Waals surface area contributed by atoms with E-state index in [1.54, 1.807) is 0 Å². The molecule has 0 radical (unpaired) electrons. The molecular formula is C20H36HfO8. The second kappa shape index (κ2) is 25.1. The van der Waals surface area contributed by atoms with Gasteiger partial charge in [0.1, 0.15) is 24.4 Å². The first-order valence-electron chi connectivity index (χ1n) is 10.1. The Balaban J connectivity index is -0.000000451. The molecule has 0 aromatic heterocycles. The van der Waals surface area contributed by atoms with E-state index in [1.165, 1.54) is 0 Å². The van der Waals surface area contributed by atoms with E-state index in [1.807, 2.05) is 27.7 Å². The van der Waals surface area contributed by atoms with Crippen molar-refractivity contribution in [3.8, 4) is 0 Å². The van der Waals surface area contributed by atoms with Gasteiger partial charge in [0, 0.05) is 38.7 Å². The zero-order valence-electron chi connectivity index (χ0n) is 18.3. The van der Waals surface area contributed by atoms with Crippen LogP contribution in [0.1, 0.15) is 91.9 Å². The zero-order chi connectivity index (χ0) is 21.6. The van der Waals surface area contributed by atoms with Gasteiger partial charge in [0.25, 0.3) is 0 Å². The summed E-state index contributed by atoms with van der Waals surface area (Å²) >= 11 is 0. The van der Waals surface area contributed by atoms with Crippen LogP contribution < -0.4 is 0 Å². The molecule has 0 aromatic carbocycles. The molecule has 0 aliphatic rings. The van der Waals surface area contributed by atoms with Crippen LogP contribution in [-0.4, -0.2) is 36.7 Å². The molecule has 0 fully saturated rings. The first-order chi connectivity index (χ1) is 13.4. The largest absolute Gasteiger partial charge is 0.349 e. The van der Waals surface area contributed by atoms with Crippen molar-refractivity contribution >= 4 is 23.5 Å². The van der Waals surface area contributed by atoms with Gasteiger partial charge in [0.15, 0.2) is 0 Å². The van der Waals surface area contributed by atoms with Crippen molar-refractivity contribution in [2.75, 3.05) is 13.2 Å². The number of hydrogen-bond acceptors (Lipinski definition) is 8. The van der Waals surface area contributed by atoms with E-state index in [0.29, 0.717) is 26.1 Å². The predicted octanol–water partition coefficient (Wildman–Crippen LogP) is 4.04. The van der Waals surface area contributed by atoms with Gasteiger partial charge in [-0.2, -0.15) is 9.78 Å². The monoisotopic (exact) mass is 584 g/mol. The van der Waals surface area contributed by atoms with Crippen LogP contribution in [0.5, 0.6) is 0 Å². The Morgan fingerprint density at radius 1 is 0.586 bits per heavy atom. The maximum Gasteiger partial charge on any atom is 0.349 e. The van der Waals surface area contributed by atoms with E-state index < -0.39 is 11.9 Å². The summed E-state index contributed by atoms with van der Waals surface area (Å²) in [5, 5.41) is 0. The smallest absolute Gasteiger partial charge is 0.299 e. The molecule has 0 N–H and O–H groups in total. The average Bonchev–Trinajstić information content (AvgIpc) is 2.63. The molecule has 168 valence electrons. The summed E-state index contributed by atoms with van der Waals surface area (Å²) in [6.45, 7) is 8.59. The molecule has 0 aliphatic carbocycles. The fourth-order valence-electron chi connectivity index (χ4n) is 1.74. The Labute approximate surface area is 193 Å². The van der Waals surface area contributed by atoms with E-state index >= 15 is 0 Å². The number of Topliss-reactive ketones (excluding diaryl/α,β-unsaturated/α-hetero) is 2. The summed E-state index contributed by atoms with van der Waals surface area (Å²) in [6.07, 6.45) is 5.63. The Bertz CT molecular complexity index is 400. The number of rotatable bonds is 16. The van der Waals surface area contributed by atoms with Gasteiger partial charge in [-0.3, -0.25) is 19.4 Å². The van der Waals surface area contributed by atoms with Crippen LogP contribution in [0.2, 0.25) is 0 Å². The molecule has 0 aliphatic heterocycles. The normalized spacial score (nSPS) is 9.52. The van der Waals surface area contributed by atoms with Gasteiger partial charge in [-0.05, 0) is 25.7 Å². The van der Waals surface area contributed by atoms with Gasteiger partial charge in [-0.15, -0.1) is 0 Å². The minimum Gasteiger partial charge on any atom is -0.299 e. The van der Waals surface area contributed by atoms with E-state index in [2.05, 4.69) is 19.6 Å². The maximum atomic E-state index is 11.0. The first kappa shape index (κ1) is 32.7. The fourth-order valence-corrected chi connectivity index (χ4v) is 1.74. The molecule has 0 amide bonds. The van der Waals surface area contributed by atoms with E-state index in [0.717, 1.165) is 38.5 Å². The van der Waals surface area contributed by atoms with Crippen molar-refractivity contribution in [1.29, 1.82) is 0 Å². The second-order valence-electron chi connectivity index (χ2n) is 6.19. The molecule has 29 heavy (non-hydrogen) atoms. The minimum atomic E-state index is -0.598. The van der Waals surface area contributed by atoms with Crippen LogP contribution in [0.15, 0.2) is 0 Å². The maximum absolute atomic E-state index is 11.0. The summed E-state index contributed by atoms with van der Waals surface area (Å²) in [5.41, 5.74) is 0. The standard InChI is InChI=1S/2C10H18O4.Hf/c2*1-3-5-7-13-14-10(12)8-9(11)6-4-2;/h2*3-8H2,1-2H3;. The van der Waals surface area contributed by atoms with Crippen molar-refractivity contribution in [3.05, 3.63) is 0 Å². The predicted molar refractivity (Wildman–Crippen MR) is 103 cm³/mol. The third-order valence-corrected chi connectivity index (χ3v) is 3.21. The van der Waals surface area contributed by atoms with Crippen LogP contribution in [0.3, 0.4) is 0 Å². The zero-order valence-corrected chi connectivity index (χ0v) is 21.8. The van der Waals surface area contributed by atoms with Crippen LogP contribution in [0, 0.1) is 0 Å². The summed E-state index contributed by atoms with van der Waals surface area (Å²) in [4.78, 5) is 61.8. The second-order valence-corrected chi connectivity index (χ2v) is 6.19. The first-order valence-corrected chi connectivity index (χ1v) is 10.1. The number of unbranched alkanes of at least 4 members (excludes halogenated alkanes) is 2. The average molecular weight is 583 g/mol. The van der Waals surface area contributed by atoms with Gasteiger partial charge in [-0.1, -0.05) is 40.5 Å². The van der Waals surface area contributed by atoms with Crippen LogP contribution in [-0.2, 0) is 64.6 Å². The van der Waals surface area contributed by atoms with Gasteiger partial charge >= 0.3 is 11.9 Å². The SMILES string of the molecule is CCCCOOC(=O)CC(=O)CCC.CCCCOOC(=O)CC(=O)CCC.[Hf]. The Morgan fingerprint density at radius 3 is 1.21 bits per heavy atom. The molecule has 0 unspecified atom stereocenters. The quantitative estimate of drug-likeness (QED) is 0.0883. The topological polar surface area (TPSA) is 105 Å². The van der Waals surface area contributed by atoms with Gasteiger partial charge in [-0.25, -0.2) is 9.59 Å². The minimum absolute atomic E-state index is 0. The van der Waals surface area contributed by atoms with Gasteiger partial charge in [0.2, 0.25) is 0 Å². The number of hydrogen-bond donors (Lipinski definition) is 0. The Hall–Kier alpha value is -0.930. The van der Waals surface area contributed by atoms with Crippen LogP contribution in [0.25, 0.3) is 0 Å². The van der Waals surface area contributed by atoms with Gasteiger partial charge in [0.05, 0.1) is 13.2 Å². The molecule has 0 spiro atoms. The van der Waals surface area contributed by atoms with Crippen molar-refractivity contribution in [3.63, 3.8) is 0 Å². The fraction of sp³-hybridized carbons (Fsp3) is 0.800. The van der Waals surface area contributed by atoms with E-state index in [9.17, 15) is 19.2 Å². The molecule has 9 heteroatoms. The van der Waals surface area contributed by atoms with Crippen molar-refractivity contribution in [2.24, 2.45) is 0 Å².